The molecule has 0 saturated carbocycles. The van der Waals surface area contributed by atoms with E-state index in [1.165, 1.54) is 0 Å². The van der Waals surface area contributed by atoms with Crippen LogP contribution < -0.4 is 5.32 Å². The van der Waals surface area contributed by atoms with Crippen molar-refractivity contribution in [2.45, 2.75) is 18.9 Å². The molecule has 1 aromatic rings. The van der Waals surface area contributed by atoms with Gasteiger partial charge in [-0.25, -0.2) is 0 Å². The first-order valence-electron chi connectivity index (χ1n) is 7.12. The third-order valence-electron chi connectivity index (χ3n) is 4.14. The maximum absolute atomic E-state index is 5.96. The van der Waals surface area contributed by atoms with Gasteiger partial charge in [0.1, 0.15) is 5.76 Å². The number of halogens is 3. The van der Waals surface area contributed by atoms with E-state index in [4.69, 9.17) is 20.8 Å². The summed E-state index contributed by atoms with van der Waals surface area (Å²) in [6.45, 7) is 5.96. The SMILES string of the molecule is Cl.Cl.Clc1ccc([C@@H](C2CCOCC2)N2CCNCC2)o1. The molecular formula is C14H23Cl3N2O2. The third kappa shape index (κ3) is 4.75. The number of piperazine rings is 1. The highest BCUT2D eigenvalue weighted by molar-refractivity contribution is 6.28. The molecule has 2 saturated heterocycles. The standard InChI is InChI=1S/C14H21ClN2O2.2ClH/c15-13-2-1-12(19-13)14(11-3-9-18-10-4-11)17-7-5-16-6-8-17;;/h1-2,11,14,16H,3-10H2;2*1H/t14-;;/m1../s1. The third-order valence-corrected chi connectivity index (χ3v) is 4.35. The van der Waals surface area contributed by atoms with Gasteiger partial charge < -0.3 is 14.5 Å². The lowest BCUT2D eigenvalue weighted by molar-refractivity contribution is 0.0149. The van der Waals surface area contributed by atoms with Gasteiger partial charge in [-0.15, -0.1) is 24.8 Å². The van der Waals surface area contributed by atoms with E-state index >= 15 is 0 Å². The van der Waals surface area contributed by atoms with Gasteiger partial charge in [-0.2, -0.15) is 0 Å². The van der Waals surface area contributed by atoms with Gasteiger partial charge >= 0.3 is 0 Å². The Balaban J connectivity index is 0.00000110. The van der Waals surface area contributed by atoms with Gasteiger partial charge in [0.15, 0.2) is 5.22 Å². The van der Waals surface area contributed by atoms with Gasteiger partial charge in [0.2, 0.25) is 0 Å². The molecule has 0 radical (unpaired) electrons. The first-order chi connectivity index (χ1) is 9.34. The molecule has 0 bridgehead atoms. The van der Waals surface area contributed by atoms with Gasteiger partial charge in [-0.1, -0.05) is 0 Å². The second-order valence-electron chi connectivity index (χ2n) is 5.32. The average Bonchev–Trinajstić information content (AvgIpc) is 2.88. The molecule has 0 amide bonds. The number of hydrogen-bond donors (Lipinski definition) is 1. The molecule has 2 aliphatic heterocycles. The van der Waals surface area contributed by atoms with Crippen molar-refractivity contribution in [1.82, 2.24) is 10.2 Å². The molecule has 3 heterocycles. The van der Waals surface area contributed by atoms with Crippen LogP contribution in [0.1, 0.15) is 24.6 Å². The number of furan rings is 1. The molecule has 1 aromatic heterocycles. The Morgan fingerprint density at radius 3 is 2.38 bits per heavy atom. The minimum absolute atomic E-state index is 0. The zero-order valence-corrected chi connectivity index (χ0v) is 14.3. The molecule has 1 atom stereocenters. The molecule has 21 heavy (non-hydrogen) atoms. The van der Waals surface area contributed by atoms with Crippen LogP contribution in [0.4, 0.5) is 0 Å². The van der Waals surface area contributed by atoms with Crippen molar-refractivity contribution in [2.75, 3.05) is 39.4 Å². The highest BCUT2D eigenvalue weighted by Crippen LogP contribution is 2.36. The highest BCUT2D eigenvalue weighted by Gasteiger charge is 2.33. The smallest absolute Gasteiger partial charge is 0.193 e. The number of rotatable bonds is 3. The second-order valence-corrected chi connectivity index (χ2v) is 5.70. The molecule has 7 heteroatoms. The molecule has 0 spiro atoms. The maximum atomic E-state index is 5.96. The quantitative estimate of drug-likeness (QED) is 0.902. The van der Waals surface area contributed by atoms with Crippen molar-refractivity contribution in [3.05, 3.63) is 23.1 Å². The van der Waals surface area contributed by atoms with Crippen LogP contribution in [-0.2, 0) is 4.74 Å². The summed E-state index contributed by atoms with van der Waals surface area (Å²) in [4.78, 5) is 2.53. The molecular weight excluding hydrogens is 335 g/mol. The van der Waals surface area contributed by atoms with Crippen molar-refractivity contribution < 1.29 is 9.15 Å². The first-order valence-corrected chi connectivity index (χ1v) is 7.50. The topological polar surface area (TPSA) is 37.6 Å². The van der Waals surface area contributed by atoms with E-state index in [0.717, 1.165) is 58.0 Å². The van der Waals surface area contributed by atoms with Crippen LogP contribution in [0, 0.1) is 5.92 Å². The van der Waals surface area contributed by atoms with Crippen LogP contribution in [0.25, 0.3) is 0 Å². The molecule has 0 aliphatic carbocycles. The largest absolute Gasteiger partial charge is 0.448 e. The van der Waals surface area contributed by atoms with Gasteiger partial charge in [0.25, 0.3) is 0 Å². The predicted molar refractivity (Wildman–Crippen MR) is 88.9 cm³/mol. The number of nitrogens with one attached hydrogen (secondary N) is 1. The van der Waals surface area contributed by atoms with Crippen LogP contribution in [0.2, 0.25) is 5.22 Å². The molecule has 1 N–H and O–H groups in total. The minimum Gasteiger partial charge on any atom is -0.448 e. The lowest BCUT2D eigenvalue weighted by Crippen LogP contribution is -2.47. The Hall–Kier alpha value is 0.0300. The molecule has 3 rings (SSSR count). The van der Waals surface area contributed by atoms with Crippen LogP contribution >= 0.6 is 36.4 Å². The maximum Gasteiger partial charge on any atom is 0.193 e. The number of hydrogen-bond acceptors (Lipinski definition) is 4. The number of ether oxygens (including phenoxy) is 1. The summed E-state index contributed by atoms with van der Waals surface area (Å²) in [6, 6.07) is 4.23. The lowest BCUT2D eigenvalue weighted by Gasteiger charge is -2.39. The van der Waals surface area contributed by atoms with Gasteiger partial charge in [0.05, 0.1) is 6.04 Å². The molecule has 0 aromatic carbocycles. The van der Waals surface area contributed by atoms with E-state index in [1.54, 1.807) is 0 Å². The normalized spacial score (nSPS) is 22.1. The molecule has 2 aliphatic rings. The van der Waals surface area contributed by atoms with E-state index in [2.05, 4.69) is 10.2 Å². The molecule has 2 fully saturated rings. The van der Waals surface area contributed by atoms with E-state index in [1.807, 2.05) is 12.1 Å². The van der Waals surface area contributed by atoms with Crippen LogP contribution in [0.15, 0.2) is 16.5 Å². The van der Waals surface area contributed by atoms with Crippen molar-refractivity contribution in [3.8, 4) is 0 Å². The summed E-state index contributed by atoms with van der Waals surface area (Å²) >= 11 is 5.96. The first kappa shape index (κ1) is 19.1. The zero-order valence-electron chi connectivity index (χ0n) is 11.9. The average molecular weight is 358 g/mol. The van der Waals surface area contributed by atoms with Crippen molar-refractivity contribution in [1.29, 1.82) is 0 Å². The van der Waals surface area contributed by atoms with Crippen molar-refractivity contribution in [2.24, 2.45) is 5.92 Å². The minimum atomic E-state index is 0. The Morgan fingerprint density at radius 2 is 1.81 bits per heavy atom. The Morgan fingerprint density at radius 1 is 1.14 bits per heavy atom. The molecule has 122 valence electrons. The summed E-state index contributed by atoms with van der Waals surface area (Å²) in [7, 11) is 0. The van der Waals surface area contributed by atoms with E-state index in [9.17, 15) is 0 Å². The van der Waals surface area contributed by atoms with Crippen LogP contribution in [0.3, 0.4) is 0 Å². The van der Waals surface area contributed by atoms with Crippen LogP contribution in [-0.4, -0.2) is 44.3 Å². The Kier molecular flexibility index (Phi) is 8.39. The Bertz CT molecular complexity index is 387. The zero-order chi connectivity index (χ0) is 13.1. The summed E-state index contributed by atoms with van der Waals surface area (Å²) in [5, 5.41) is 3.89. The van der Waals surface area contributed by atoms with E-state index in [0.29, 0.717) is 17.2 Å². The predicted octanol–water partition coefficient (Wildman–Crippen LogP) is 3.15. The Labute approximate surface area is 143 Å². The fraction of sp³-hybridized carbons (Fsp3) is 0.714. The van der Waals surface area contributed by atoms with Gasteiger partial charge in [-0.3, -0.25) is 4.90 Å². The fourth-order valence-electron chi connectivity index (χ4n) is 3.19. The van der Waals surface area contributed by atoms with E-state index < -0.39 is 0 Å². The summed E-state index contributed by atoms with van der Waals surface area (Å²) < 4.78 is 11.2. The molecule has 0 unspecified atom stereocenters. The summed E-state index contributed by atoms with van der Waals surface area (Å²) in [5.74, 6) is 1.62. The monoisotopic (exact) mass is 356 g/mol. The highest BCUT2D eigenvalue weighted by atomic mass is 35.5. The molecule has 4 nitrogen and oxygen atoms in total. The van der Waals surface area contributed by atoms with Crippen molar-refractivity contribution in [3.63, 3.8) is 0 Å². The van der Waals surface area contributed by atoms with Crippen molar-refractivity contribution >= 4 is 36.4 Å². The fourth-order valence-corrected chi connectivity index (χ4v) is 3.34. The second kappa shape index (κ2) is 9.23. The van der Waals surface area contributed by atoms with E-state index in [-0.39, 0.29) is 24.8 Å². The number of nitrogens with zero attached hydrogens (tertiary/aromatic N) is 1. The van der Waals surface area contributed by atoms with Gasteiger partial charge in [0, 0.05) is 39.4 Å². The van der Waals surface area contributed by atoms with Gasteiger partial charge in [-0.05, 0) is 42.5 Å². The lowest BCUT2D eigenvalue weighted by atomic mass is 9.88. The summed E-state index contributed by atoms with van der Waals surface area (Å²) in [6.07, 6.45) is 2.21. The van der Waals surface area contributed by atoms with Crippen LogP contribution in [0.5, 0.6) is 0 Å². The summed E-state index contributed by atoms with van der Waals surface area (Å²) in [5.41, 5.74) is 0.